The summed E-state index contributed by atoms with van der Waals surface area (Å²) in [4.78, 5) is 11.4. The van der Waals surface area contributed by atoms with Crippen molar-refractivity contribution in [3.8, 4) is 5.75 Å². The van der Waals surface area contributed by atoms with Gasteiger partial charge >= 0.3 is 12.1 Å². The van der Waals surface area contributed by atoms with Crippen LogP contribution >= 0.6 is 12.2 Å². The van der Waals surface area contributed by atoms with Crippen molar-refractivity contribution in [3.05, 3.63) is 64.1 Å². The van der Waals surface area contributed by atoms with Gasteiger partial charge in [-0.3, -0.25) is 0 Å². The average molecular weight is 426 g/mol. The first-order valence-electron chi connectivity index (χ1n) is 7.97. The van der Waals surface area contributed by atoms with Crippen molar-refractivity contribution in [2.24, 2.45) is 5.10 Å². The van der Waals surface area contributed by atoms with Gasteiger partial charge in [0.15, 0.2) is 0 Å². The lowest BCUT2D eigenvalue weighted by molar-refractivity contribution is -0.147. The lowest BCUT2D eigenvalue weighted by Gasteiger charge is -2.06. The first-order chi connectivity index (χ1) is 13.8. The van der Waals surface area contributed by atoms with Crippen LogP contribution in [0.25, 0.3) is 0 Å². The van der Waals surface area contributed by atoms with E-state index in [0.29, 0.717) is 21.7 Å². The van der Waals surface area contributed by atoms with Gasteiger partial charge in [0.25, 0.3) is 5.82 Å². The van der Waals surface area contributed by atoms with Crippen molar-refractivity contribution < 1.29 is 31.9 Å². The zero-order valence-electron chi connectivity index (χ0n) is 14.8. The minimum absolute atomic E-state index is 0.0304. The number of benzene rings is 1. The van der Waals surface area contributed by atoms with Gasteiger partial charge in [0.1, 0.15) is 18.1 Å². The van der Waals surface area contributed by atoms with Gasteiger partial charge in [-0.2, -0.15) is 22.9 Å². The number of rotatable bonds is 6. The molecule has 0 radical (unpaired) electrons. The van der Waals surface area contributed by atoms with Crippen LogP contribution in [0.1, 0.15) is 27.7 Å². The molecular weight excluding hydrogens is 413 g/mol. The van der Waals surface area contributed by atoms with E-state index in [1.54, 1.807) is 30.3 Å². The molecule has 0 atom stereocenters. The summed E-state index contributed by atoms with van der Waals surface area (Å²) in [5, 5.41) is 8.94. The Morgan fingerprint density at radius 3 is 2.90 bits per heavy atom. The molecule has 0 aliphatic rings. The molecule has 0 fully saturated rings. The Balaban J connectivity index is 1.71. The van der Waals surface area contributed by atoms with Crippen LogP contribution in [-0.2, 0) is 17.5 Å². The number of furan rings is 1. The highest BCUT2D eigenvalue weighted by molar-refractivity contribution is 7.71. The van der Waals surface area contributed by atoms with Crippen LogP contribution < -0.4 is 4.74 Å². The molecule has 0 amide bonds. The molecule has 1 aromatic carbocycles. The van der Waals surface area contributed by atoms with Gasteiger partial charge in [-0.1, -0.05) is 12.1 Å². The largest absolute Gasteiger partial charge is 0.486 e. The van der Waals surface area contributed by atoms with Gasteiger partial charge in [0, 0.05) is 0 Å². The quantitative estimate of drug-likeness (QED) is 0.366. The minimum atomic E-state index is -4.71. The fourth-order valence-corrected chi connectivity index (χ4v) is 2.39. The summed E-state index contributed by atoms with van der Waals surface area (Å²) in [7, 11) is 1.24. The van der Waals surface area contributed by atoms with Crippen molar-refractivity contribution in [1.29, 1.82) is 0 Å². The molecule has 3 rings (SSSR count). The van der Waals surface area contributed by atoms with Gasteiger partial charge < -0.3 is 13.9 Å². The summed E-state index contributed by atoms with van der Waals surface area (Å²) in [5.74, 6) is -1.01. The lowest BCUT2D eigenvalue weighted by Crippen LogP contribution is -2.12. The van der Waals surface area contributed by atoms with Crippen LogP contribution in [0, 0.1) is 4.77 Å². The van der Waals surface area contributed by atoms with E-state index in [2.05, 4.69) is 20.0 Å². The highest BCUT2D eigenvalue weighted by atomic mass is 32.1. The lowest BCUT2D eigenvalue weighted by atomic mass is 10.2. The molecule has 2 aromatic heterocycles. The second-order valence-electron chi connectivity index (χ2n) is 5.53. The smallest absolute Gasteiger partial charge is 0.453 e. The summed E-state index contributed by atoms with van der Waals surface area (Å²) in [6.45, 7) is 0.0304. The Hall–Kier alpha value is -3.41. The standard InChI is InChI=1S/C17H13F3N4O4S/c1-26-14(25)13-6-5-12(28-13)9-27-11-4-2-3-10(7-11)8-21-24-15(17(18,19)20)22-23-16(24)29/h2-8H,9H2,1H3,(H,23,29). The summed E-state index contributed by atoms with van der Waals surface area (Å²) >= 11 is 4.77. The van der Waals surface area contributed by atoms with E-state index in [4.69, 9.17) is 21.4 Å². The monoisotopic (exact) mass is 426 g/mol. The molecule has 12 heteroatoms. The predicted molar refractivity (Wildman–Crippen MR) is 96.2 cm³/mol. The van der Waals surface area contributed by atoms with Crippen molar-refractivity contribution in [2.75, 3.05) is 7.11 Å². The molecule has 0 aliphatic carbocycles. The van der Waals surface area contributed by atoms with E-state index in [0.717, 1.165) is 0 Å². The molecule has 8 nitrogen and oxygen atoms in total. The molecule has 0 saturated heterocycles. The number of nitrogens with one attached hydrogen (secondary N) is 1. The molecule has 0 spiro atoms. The van der Waals surface area contributed by atoms with Gasteiger partial charge in [0.05, 0.1) is 13.3 Å². The molecule has 29 heavy (non-hydrogen) atoms. The fraction of sp³-hybridized carbons (Fsp3) is 0.176. The number of esters is 1. The number of nitrogens with zero attached hydrogens (tertiary/aromatic N) is 3. The van der Waals surface area contributed by atoms with Gasteiger partial charge in [-0.25, -0.2) is 9.89 Å². The zero-order valence-corrected chi connectivity index (χ0v) is 15.6. The maximum absolute atomic E-state index is 12.9. The number of H-pyrrole nitrogens is 1. The van der Waals surface area contributed by atoms with Crippen molar-refractivity contribution in [2.45, 2.75) is 12.8 Å². The van der Waals surface area contributed by atoms with E-state index < -0.39 is 18.0 Å². The Morgan fingerprint density at radius 2 is 2.17 bits per heavy atom. The second-order valence-corrected chi connectivity index (χ2v) is 5.91. The van der Waals surface area contributed by atoms with Gasteiger partial charge in [0.2, 0.25) is 10.5 Å². The highest BCUT2D eigenvalue weighted by Gasteiger charge is 2.37. The molecular formula is C17H13F3N4O4S. The van der Waals surface area contributed by atoms with E-state index in [1.807, 2.05) is 0 Å². The van der Waals surface area contributed by atoms with Crippen molar-refractivity contribution >= 4 is 24.4 Å². The third-order valence-electron chi connectivity index (χ3n) is 3.51. The van der Waals surface area contributed by atoms with Crippen molar-refractivity contribution in [3.63, 3.8) is 0 Å². The van der Waals surface area contributed by atoms with Crippen LogP contribution in [0.15, 0.2) is 45.9 Å². The SMILES string of the molecule is COC(=O)c1ccc(COc2cccc(C=Nn3c(C(F)(F)F)n[nH]c3=S)c2)o1. The van der Waals surface area contributed by atoms with E-state index in [1.165, 1.54) is 19.4 Å². The number of hydrogen-bond acceptors (Lipinski definition) is 7. The van der Waals surface area contributed by atoms with E-state index in [9.17, 15) is 18.0 Å². The van der Waals surface area contributed by atoms with E-state index in [-0.39, 0.29) is 17.1 Å². The van der Waals surface area contributed by atoms with Crippen LogP contribution in [0.4, 0.5) is 13.2 Å². The normalized spacial score (nSPS) is 11.7. The first-order valence-corrected chi connectivity index (χ1v) is 8.37. The molecule has 2 heterocycles. The minimum Gasteiger partial charge on any atom is -0.486 e. The summed E-state index contributed by atoms with van der Waals surface area (Å²) in [5.41, 5.74) is 0.466. The second kappa shape index (κ2) is 8.31. The average Bonchev–Trinajstić information content (AvgIpc) is 3.31. The van der Waals surface area contributed by atoms with Gasteiger partial charge in [-0.05, 0) is 42.0 Å². The molecule has 0 saturated carbocycles. The van der Waals surface area contributed by atoms with Crippen LogP contribution in [0.5, 0.6) is 5.75 Å². The van der Waals surface area contributed by atoms with Crippen LogP contribution in [0.2, 0.25) is 0 Å². The number of aromatic amines is 1. The predicted octanol–water partition coefficient (Wildman–Crippen LogP) is 3.80. The zero-order chi connectivity index (χ0) is 21.0. The van der Waals surface area contributed by atoms with Crippen LogP contribution in [0.3, 0.4) is 0 Å². The Morgan fingerprint density at radius 1 is 1.38 bits per heavy atom. The number of ether oxygens (including phenoxy) is 2. The Labute approximate surface area is 166 Å². The van der Waals surface area contributed by atoms with Gasteiger partial charge in [-0.15, -0.1) is 5.10 Å². The molecule has 3 aromatic rings. The summed E-state index contributed by atoms with van der Waals surface area (Å²) in [6.07, 6.45) is -3.52. The number of carbonyl (C=O) groups is 1. The van der Waals surface area contributed by atoms with E-state index >= 15 is 0 Å². The maximum atomic E-state index is 12.9. The highest BCUT2D eigenvalue weighted by Crippen LogP contribution is 2.27. The third kappa shape index (κ3) is 4.90. The van der Waals surface area contributed by atoms with Crippen LogP contribution in [-0.4, -0.2) is 34.2 Å². The summed E-state index contributed by atoms with van der Waals surface area (Å²) < 4.78 is 54.3. The summed E-state index contributed by atoms with van der Waals surface area (Å²) in [6, 6.07) is 9.49. The topological polar surface area (TPSA) is 94.6 Å². The molecule has 0 bridgehead atoms. The van der Waals surface area contributed by atoms with Crippen molar-refractivity contribution in [1.82, 2.24) is 14.9 Å². The Bertz CT molecular complexity index is 1100. The number of hydrogen-bond donors (Lipinski definition) is 1. The molecule has 152 valence electrons. The number of aromatic nitrogens is 3. The third-order valence-corrected chi connectivity index (χ3v) is 3.78. The number of carbonyl (C=O) groups excluding carboxylic acids is 1. The molecule has 1 N–H and O–H groups in total. The number of alkyl halides is 3. The maximum Gasteiger partial charge on any atom is 0.453 e. The Kier molecular flexibility index (Phi) is 5.82. The number of halogens is 3. The fourth-order valence-electron chi connectivity index (χ4n) is 2.21. The molecule has 0 aliphatic heterocycles. The first kappa shape index (κ1) is 20.3. The molecule has 0 unspecified atom stereocenters. The number of methoxy groups -OCH3 is 1.